The number of unbranched alkanes of at least 4 members (excludes halogenated alkanes) is 1. The standard InChI is InChI=1S/C20H28N2O3/c1-3-5-8-15(4-2)12-22-19(23)14-25-20(24)11-16-13-21-18-10-7-6-9-17(16)18/h6-7,9-10,13,15,21H,3-5,8,11-12,14H2,1-2H3,(H,22,23)/t15-/m1/s1. The summed E-state index contributed by atoms with van der Waals surface area (Å²) in [5, 5.41) is 3.87. The van der Waals surface area contributed by atoms with E-state index in [4.69, 9.17) is 4.74 Å². The van der Waals surface area contributed by atoms with Gasteiger partial charge < -0.3 is 15.0 Å². The number of aromatic nitrogens is 1. The lowest BCUT2D eigenvalue weighted by Gasteiger charge is -2.15. The van der Waals surface area contributed by atoms with Crippen molar-refractivity contribution in [2.75, 3.05) is 13.2 Å². The summed E-state index contributed by atoms with van der Waals surface area (Å²) in [7, 11) is 0. The first-order valence-corrected chi connectivity index (χ1v) is 9.11. The largest absolute Gasteiger partial charge is 0.455 e. The molecule has 2 aromatic rings. The van der Waals surface area contributed by atoms with E-state index in [2.05, 4.69) is 24.1 Å². The van der Waals surface area contributed by atoms with Gasteiger partial charge in [0, 0.05) is 23.6 Å². The van der Waals surface area contributed by atoms with E-state index in [1.165, 1.54) is 6.42 Å². The van der Waals surface area contributed by atoms with Crippen LogP contribution in [0.1, 0.15) is 45.1 Å². The van der Waals surface area contributed by atoms with Gasteiger partial charge in [-0.25, -0.2) is 0 Å². The van der Waals surface area contributed by atoms with Gasteiger partial charge in [0.15, 0.2) is 6.61 Å². The van der Waals surface area contributed by atoms with Crippen LogP contribution in [0.3, 0.4) is 0 Å². The number of esters is 1. The molecule has 0 unspecified atom stereocenters. The second-order valence-electron chi connectivity index (χ2n) is 6.42. The van der Waals surface area contributed by atoms with Crippen molar-refractivity contribution in [2.24, 2.45) is 5.92 Å². The van der Waals surface area contributed by atoms with E-state index in [0.29, 0.717) is 12.5 Å². The molecule has 0 saturated carbocycles. The predicted octanol–water partition coefficient (Wildman–Crippen LogP) is 3.59. The Labute approximate surface area is 149 Å². The van der Waals surface area contributed by atoms with Crippen LogP contribution >= 0.6 is 0 Å². The highest BCUT2D eigenvalue weighted by atomic mass is 16.5. The lowest BCUT2D eigenvalue weighted by atomic mass is 9.99. The van der Waals surface area contributed by atoms with E-state index in [0.717, 1.165) is 35.7 Å². The van der Waals surface area contributed by atoms with Crippen LogP contribution in [0.25, 0.3) is 10.9 Å². The van der Waals surface area contributed by atoms with Crippen LogP contribution in [0.15, 0.2) is 30.5 Å². The predicted molar refractivity (Wildman–Crippen MR) is 99.3 cm³/mol. The average molecular weight is 344 g/mol. The van der Waals surface area contributed by atoms with Crippen LogP contribution in [0.5, 0.6) is 0 Å². The van der Waals surface area contributed by atoms with Gasteiger partial charge in [0.05, 0.1) is 6.42 Å². The lowest BCUT2D eigenvalue weighted by molar-refractivity contribution is -0.147. The van der Waals surface area contributed by atoms with E-state index in [-0.39, 0.29) is 18.9 Å². The Morgan fingerprint density at radius 1 is 1.24 bits per heavy atom. The molecule has 1 atom stereocenters. The van der Waals surface area contributed by atoms with Gasteiger partial charge in [-0.05, 0) is 24.0 Å². The summed E-state index contributed by atoms with van der Waals surface area (Å²) in [4.78, 5) is 27.0. The summed E-state index contributed by atoms with van der Waals surface area (Å²) in [6.07, 6.45) is 6.47. The number of ether oxygens (including phenoxy) is 1. The maximum absolute atomic E-state index is 12.0. The van der Waals surface area contributed by atoms with Gasteiger partial charge in [-0.15, -0.1) is 0 Å². The topological polar surface area (TPSA) is 71.2 Å². The van der Waals surface area contributed by atoms with Crippen molar-refractivity contribution in [1.82, 2.24) is 10.3 Å². The minimum absolute atomic E-state index is 0.158. The minimum atomic E-state index is -0.391. The maximum atomic E-state index is 12.0. The summed E-state index contributed by atoms with van der Waals surface area (Å²) < 4.78 is 5.11. The van der Waals surface area contributed by atoms with Gasteiger partial charge in [0.1, 0.15) is 0 Å². The molecule has 0 aliphatic heterocycles. The van der Waals surface area contributed by atoms with Gasteiger partial charge in [-0.1, -0.05) is 51.3 Å². The Hall–Kier alpha value is -2.30. The monoisotopic (exact) mass is 344 g/mol. The number of fused-ring (bicyclic) bond motifs is 1. The molecule has 0 radical (unpaired) electrons. The Bertz CT molecular complexity index is 693. The highest BCUT2D eigenvalue weighted by Gasteiger charge is 2.13. The highest BCUT2D eigenvalue weighted by Crippen LogP contribution is 2.18. The minimum Gasteiger partial charge on any atom is -0.455 e. The van der Waals surface area contributed by atoms with Crippen molar-refractivity contribution in [1.29, 1.82) is 0 Å². The number of amides is 1. The molecule has 1 aromatic carbocycles. The smallest absolute Gasteiger partial charge is 0.310 e. The van der Waals surface area contributed by atoms with Gasteiger partial charge in [0.25, 0.3) is 5.91 Å². The van der Waals surface area contributed by atoms with Gasteiger partial charge in [-0.3, -0.25) is 9.59 Å². The number of para-hydroxylation sites is 1. The van der Waals surface area contributed by atoms with Crippen LogP contribution in [-0.2, 0) is 20.7 Å². The fourth-order valence-corrected chi connectivity index (χ4v) is 2.88. The van der Waals surface area contributed by atoms with Crippen molar-refractivity contribution in [3.63, 3.8) is 0 Å². The number of aromatic amines is 1. The number of carbonyl (C=O) groups is 2. The molecule has 0 fully saturated rings. The number of carbonyl (C=O) groups excluding carboxylic acids is 2. The number of hydrogen-bond donors (Lipinski definition) is 2. The zero-order valence-corrected chi connectivity index (χ0v) is 15.1. The number of hydrogen-bond acceptors (Lipinski definition) is 3. The van der Waals surface area contributed by atoms with E-state index >= 15 is 0 Å². The zero-order chi connectivity index (χ0) is 18.1. The molecule has 0 spiro atoms. The van der Waals surface area contributed by atoms with Crippen LogP contribution in [0.4, 0.5) is 0 Å². The Morgan fingerprint density at radius 2 is 2.04 bits per heavy atom. The van der Waals surface area contributed by atoms with Crippen LogP contribution in [0, 0.1) is 5.92 Å². The first kappa shape index (κ1) is 19.0. The first-order chi connectivity index (χ1) is 12.1. The van der Waals surface area contributed by atoms with Crippen molar-refractivity contribution in [3.8, 4) is 0 Å². The molecule has 25 heavy (non-hydrogen) atoms. The van der Waals surface area contributed by atoms with Gasteiger partial charge in [0.2, 0.25) is 0 Å². The molecule has 2 N–H and O–H groups in total. The highest BCUT2D eigenvalue weighted by molar-refractivity contribution is 5.88. The molecule has 0 bridgehead atoms. The summed E-state index contributed by atoms with van der Waals surface area (Å²) in [6, 6.07) is 7.79. The second kappa shape index (κ2) is 9.87. The quantitative estimate of drug-likeness (QED) is 0.647. The second-order valence-corrected chi connectivity index (χ2v) is 6.42. The van der Waals surface area contributed by atoms with Crippen LogP contribution in [-0.4, -0.2) is 30.0 Å². The van der Waals surface area contributed by atoms with E-state index in [1.807, 2.05) is 30.5 Å². The summed E-state index contributed by atoms with van der Waals surface area (Å²) >= 11 is 0. The van der Waals surface area contributed by atoms with Crippen molar-refractivity contribution in [2.45, 2.75) is 46.0 Å². The number of benzene rings is 1. The molecule has 1 heterocycles. The third kappa shape index (κ3) is 5.93. The maximum Gasteiger partial charge on any atom is 0.310 e. The van der Waals surface area contributed by atoms with E-state index in [1.54, 1.807) is 0 Å². The average Bonchev–Trinajstić information content (AvgIpc) is 3.03. The Morgan fingerprint density at radius 3 is 2.80 bits per heavy atom. The molecule has 0 aliphatic rings. The van der Waals surface area contributed by atoms with Crippen molar-refractivity contribution < 1.29 is 14.3 Å². The van der Waals surface area contributed by atoms with Gasteiger partial charge >= 0.3 is 5.97 Å². The SMILES string of the molecule is CCCC[C@@H](CC)CNC(=O)COC(=O)Cc1c[nH]c2ccccc12. The fraction of sp³-hybridized carbons (Fsp3) is 0.500. The van der Waals surface area contributed by atoms with E-state index < -0.39 is 5.97 Å². The third-order valence-electron chi connectivity index (χ3n) is 4.51. The molecule has 1 aromatic heterocycles. The van der Waals surface area contributed by atoms with Crippen molar-refractivity contribution in [3.05, 3.63) is 36.0 Å². The number of rotatable bonds is 10. The Kier molecular flexibility index (Phi) is 7.51. The molecule has 0 aliphatic carbocycles. The third-order valence-corrected chi connectivity index (χ3v) is 4.51. The number of nitrogens with one attached hydrogen (secondary N) is 2. The van der Waals surface area contributed by atoms with Crippen LogP contribution < -0.4 is 5.32 Å². The molecule has 136 valence electrons. The molecule has 5 nitrogen and oxygen atoms in total. The summed E-state index contributed by atoms with van der Waals surface area (Å²) in [5.41, 5.74) is 1.87. The summed E-state index contributed by atoms with van der Waals surface area (Å²) in [6.45, 7) is 4.73. The van der Waals surface area contributed by atoms with Crippen LogP contribution in [0.2, 0.25) is 0 Å². The molecule has 5 heteroatoms. The first-order valence-electron chi connectivity index (χ1n) is 9.11. The number of H-pyrrole nitrogens is 1. The molecule has 1 amide bonds. The zero-order valence-electron chi connectivity index (χ0n) is 15.1. The van der Waals surface area contributed by atoms with E-state index in [9.17, 15) is 9.59 Å². The molecular formula is C20H28N2O3. The molecule has 0 saturated heterocycles. The van der Waals surface area contributed by atoms with Crippen molar-refractivity contribution >= 4 is 22.8 Å². The summed E-state index contributed by atoms with van der Waals surface area (Å²) in [5.74, 6) is -0.133. The fourth-order valence-electron chi connectivity index (χ4n) is 2.88. The normalized spacial score (nSPS) is 12.1. The molecular weight excluding hydrogens is 316 g/mol. The van der Waals surface area contributed by atoms with Gasteiger partial charge in [-0.2, -0.15) is 0 Å². The Balaban J connectivity index is 1.73. The molecule has 2 rings (SSSR count). The lowest BCUT2D eigenvalue weighted by Crippen LogP contribution is -2.33.